The number of nitrogens with zero attached hydrogens (tertiary/aromatic N) is 1. The fourth-order valence-electron chi connectivity index (χ4n) is 4.13. The number of ether oxygens (including phenoxy) is 4. The smallest absolute Gasteiger partial charge is 0.295 e. The minimum Gasteiger partial charge on any atom is -0.507 e. The molecule has 8 heteroatoms. The van der Waals surface area contributed by atoms with Gasteiger partial charge in [-0.05, 0) is 56.7 Å². The number of Topliss-reactive ketones (excluding diaryl/α,β-unsaturated/α-hetero) is 1. The topological polar surface area (TPSA) is 94.5 Å². The number of aliphatic hydroxyl groups is 1. The Labute approximate surface area is 198 Å². The lowest BCUT2D eigenvalue weighted by atomic mass is 9.95. The lowest BCUT2D eigenvalue weighted by molar-refractivity contribution is -0.140. The third-order valence-corrected chi connectivity index (χ3v) is 5.62. The van der Waals surface area contributed by atoms with Crippen molar-refractivity contribution in [1.82, 2.24) is 4.90 Å². The molecule has 1 atom stereocenters. The molecule has 0 bridgehead atoms. The van der Waals surface area contributed by atoms with Crippen molar-refractivity contribution in [3.8, 4) is 17.2 Å². The Morgan fingerprint density at radius 3 is 2.62 bits per heavy atom. The summed E-state index contributed by atoms with van der Waals surface area (Å²) < 4.78 is 22.4. The molecule has 34 heavy (non-hydrogen) atoms. The zero-order valence-electron chi connectivity index (χ0n) is 19.6. The first-order chi connectivity index (χ1) is 16.4. The molecule has 1 unspecified atom stereocenters. The van der Waals surface area contributed by atoms with Gasteiger partial charge in [0.05, 0.1) is 30.9 Å². The van der Waals surface area contributed by atoms with Crippen molar-refractivity contribution >= 4 is 17.4 Å². The zero-order chi connectivity index (χ0) is 24.2. The number of carbonyl (C=O) groups excluding carboxylic acids is 2. The van der Waals surface area contributed by atoms with Crippen molar-refractivity contribution in [2.75, 3.05) is 33.0 Å². The lowest BCUT2D eigenvalue weighted by Gasteiger charge is -2.26. The number of hydrogen-bond donors (Lipinski definition) is 1. The van der Waals surface area contributed by atoms with Crippen LogP contribution in [-0.2, 0) is 14.3 Å². The number of aliphatic hydroxyl groups excluding tert-OH is 1. The fraction of sp³-hybridized carbons (Fsp3) is 0.385. The van der Waals surface area contributed by atoms with E-state index in [4.69, 9.17) is 18.9 Å². The van der Waals surface area contributed by atoms with Crippen LogP contribution < -0.4 is 14.2 Å². The van der Waals surface area contributed by atoms with Crippen LogP contribution in [0.1, 0.15) is 37.9 Å². The van der Waals surface area contributed by atoms with Crippen LogP contribution in [0.25, 0.3) is 5.76 Å². The molecular weight excluding hydrogens is 438 g/mol. The molecule has 1 fully saturated rings. The zero-order valence-corrected chi connectivity index (χ0v) is 19.6. The van der Waals surface area contributed by atoms with E-state index in [0.717, 1.165) is 0 Å². The number of ketones is 1. The molecule has 2 aliphatic rings. The standard InChI is InChI=1S/C26H29NO7/c1-4-31-19-7-5-6-17(14-19)23-22(25(29)26(30)27(23)10-11-32-16(2)3)24(28)18-8-9-20-21(15-18)34-13-12-33-20/h5-9,14-16,23,28H,4,10-13H2,1-3H3/b24-22-. The maximum atomic E-state index is 13.2. The SMILES string of the molecule is CCOc1cccc(C2/C(=C(/O)c3ccc4c(c3)OCCO4)C(=O)C(=O)N2CCOC(C)C)c1. The third kappa shape index (κ3) is 4.72. The second kappa shape index (κ2) is 10.2. The first-order valence-electron chi connectivity index (χ1n) is 11.4. The quantitative estimate of drug-likeness (QED) is 0.359. The van der Waals surface area contributed by atoms with Crippen LogP contribution in [0.4, 0.5) is 0 Å². The van der Waals surface area contributed by atoms with Crippen LogP contribution in [0.5, 0.6) is 17.2 Å². The molecule has 2 aliphatic heterocycles. The van der Waals surface area contributed by atoms with Gasteiger partial charge >= 0.3 is 0 Å². The molecule has 2 aromatic carbocycles. The molecule has 0 radical (unpaired) electrons. The van der Waals surface area contributed by atoms with Gasteiger partial charge in [0.2, 0.25) is 0 Å². The summed E-state index contributed by atoms with van der Waals surface area (Å²) in [6.07, 6.45) is -0.0192. The summed E-state index contributed by atoms with van der Waals surface area (Å²) in [6.45, 7) is 7.45. The molecule has 8 nitrogen and oxygen atoms in total. The molecule has 0 spiro atoms. The summed E-state index contributed by atoms with van der Waals surface area (Å²) in [5.74, 6) is -0.0421. The number of likely N-dealkylation sites (tertiary alicyclic amines) is 1. The van der Waals surface area contributed by atoms with Crippen molar-refractivity contribution in [2.24, 2.45) is 0 Å². The van der Waals surface area contributed by atoms with Crippen molar-refractivity contribution in [3.05, 3.63) is 59.2 Å². The highest BCUT2D eigenvalue weighted by molar-refractivity contribution is 6.46. The average molecular weight is 468 g/mol. The largest absolute Gasteiger partial charge is 0.507 e. The van der Waals surface area contributed by atoms with E-state index in [2.05, 4.69) is 0 Å². The number of fused-ring (bicyclic) bond motifs is 1. The first-order valence-corrected chi connectivity index (χ1v) is 11.4. The molecule has 0 aliphatic carbocycles. The van der Waals surface area contributed by atoms with E-state index < -0.39 is 17.7 Å². The minimum absolute atomic E-state index is 0.0138. The molecule has 180 valence electrons. The average Bonchev–Trinajstić information content (AvgIpc) is 3.08. The van der Waals surface area contributed by atoms with E-state index in [1.54, 1.807) is 30.3 Å². The molecule has 2 heterocycles. The molecule has 1 amide bonds. The Morgan fingerprint density at radius 1 is 1.12 bits per heavy atom. The molecular formula is C26H29NO7. The molecule has 2 aromatic rings. The molecule has 4 rings (SSSR count). The van der Waals surface area contributed by atoms with Crippen LogP contribution in [-0.4, -0.2) is 60.8 Å². The lowest BCUT2D eigenvalue weighted by Crippen LogP contribution is -2.33. The van der Waals surface area contributed by atoms with Gasteiger partial charge in [0, 0.05) is 12.1 Å². The number of hydrogen-bond acceptors (Lipinski definition) is 7. The van der Waals surface area contributed by atoms with Gasteiger partial charge in [-0.1, -0.05) is 12.1 Å². The van der Waals surface area contributed by atoms with Crippen molar-refractivity contribution in [3.63, 3.8) is 0 Å². The van der Waals surface area contributed by atoms with Crippen molar-refractivity contribution in [1.29, 1.82) is 0 Å². The van der Waals surface area contributed by atoms with Crippen molar-refractivity contribution in [2.45, 2.75) is 32.9 Å². The minimum atomic E-state index is -0.788. The maximum Gasteiger partial charge on any atom is 0.295 e. The van der Waals surface area contributed by atoms with Gasteiger partial charge < -0.3 is 29.0 Å². The number of amides is 1. The Morgan fingerprint density at radius 2 is 1.88 bits per heavy atom. The Balaban J connectivity index is 1.79. The number of benzene rings is 2. The predicted octanol–water partition coefficient (Wildman–Crippen LogP) is 3.70. The predicted molar refractivity (Wildman–Crippen MR) is 125 cm³/mol. The van der Waals surface area contributed by atoms with E-state index in [0.29, 0.717) is 48.2 Å². The van der Waals surface area contributed by atoms with E-state index >= 15 is 0 Å². The van der Waals surface area contributed by atoms with E-state index in [1.807, 2.05) is 32.9 Å². The number of carbonyl (C=O) groups is 2. The summed E-state index contributed by atoms with van der Waals surface area (Å²) in [4.78, 5) is 27.7. The van der Waals surface area contributed by atoms with E-state index in [9.17, 15) is 14.7 Å². The van der Waals surface area contributed by atoms with Gasteiger partial charge in [-0.3, -0.25) is 9.59 Å². The summed E-state index contributed by atoms with van der Waals surface area (Å²) in [7, 11) is 0. The van der Waals surface area contributed by atoms with Gasteiger partial charge in [-0.2, -0.15) is 0 Å². The third-order valence-electron chi connectivity index (χ3n) is 5.62. The molecule has 1 saturated heterocycles. The second-order valence-corrected chi connectivity index (χ2v) is 8.28. The Kier molecular flexibility index (Phi) is 7.07. The second-order valence-electron chi connectivity index (χ2n) is 8.28. The van der Waals surface area contributed by atoms with Gasteiger partial charge in [0.1, 0.15) is 24.7 Å². The van der Waals surface area contributed by atoms with Crippen LogP contribution >= 0.6 is 0 Å². The van der Waals surface area contributed by atoms with Gasteiger partial charge in [0.15, 0.2) is 11.5 Å². The van der Waals surface area contributed by atoms with Gasteiger partial charge in [-0.15, -0.1) is 0 Å². The van der Waals surface area contributed by atoms with Gasteiger partial charge in [-0.25, -0.2) is 0 Å². The molecule has 0 saturated carbocycles. The maximum absolute atomic E-state index is 13.2. The Bertz CT molecular complexity index is 1110. The van der Waals surface area contributed by atoms with Gasteiger partial charge in [0.25, 0.3) is 11.7 Å². The summed E-state index contributed by atoms with van der Waals surface area (Å²) >= 11 is 0. The van der Waals surface area contributed by atoms with Crippen LogP contribution in [0.15, 0.2) is 48.0 Å². The first kappa shape index (κ1) is 23.6. The highest BCUT2D eigenvalue weighted by Crippen LogP contribution is 2.41. The van der Waals surface area contributed by atoms with Crippen molar-refractivity contribution < 1.29 is 33.6 Å². The summed E-state index contributed by atoms with van der Waals surface area (Å²) in [5, 5.41) is 11.3. The highest BCUT2D eigenvalue weighted by Gasteiger charge is 2.46. The van der Waals surface area contributed by atoms with Crippen LogP contribution in [0.3, 0.4) is 0 Å². The fourth-order valence-corrected chi connectivity index (χ4v) is 4.13. The summed E-state index contributed by atoms with van der Waals surface area (Å²) in [5.41, 5.74) is 1.04. The Hall–Kier alpha value is -3.52. The van der Waals surface area contributed by atoms with Crippen LogP contribution in [0, 0.1) is 0 Å². The normalized spacial score (nSPS) is 19.1. The number of rotatable bonds is 8. The van der Waals surface area contributed by atoms with E-state index in [1.165, 1.54) is 4.90 Å². The molecule has 1 N–H and O–H groups in total. The van der Waals surface area contributed by atoms with E-state index in [-0.39, 0.29) is 30.6 Å². The summed E-state index contributed by atoms with van der Waals surface area (Å²) in [6, 6.07) is 11.4. The monoisotopic (exact) mass is 467 g/mol. The van der Waals surface area contributed by atoms with Crippen LogP contribution in [0.2, 0.25) is 0 Å². The molecule has 0 aromatic heterocycles. The highest BCUT2D eigenvalue weighted by atomic mass is 16.6.